The fourth-order valence-electron chi connectivity index (χ4n) is 1.60. The second-order valence-electron chi connectivity index (χ2n) is 4.23. The Balaban J connectivity index is 1.94. The van der Waals surface area contributed by atoms with Crippen LogP contribution in [0.3, 0.4) is 0 Å². The highest BCUT2D eigenvalue weighted by molar-refractivity contribution is 5.90. The molecule has 0 aliphatic heterocycles. The zero-order chi connectivity index (χ0) is 14.5. The maximum Gasteiger partial charge on any atom is 0.269 e. The van der Waals surface area contributed by atoms with E-state index in [1.54, 1.807) is 30.3 Å². The number of benzene rings is 1. The van der Waals surface area contributed by atoms with Crippen LogP contribution in [0, 0.1) is 0 Å². The summed E-state index contributed by atoms with van der Waals surface area (Å²) >= 11 is 0. The van der Waals surface area contributed by atoms with Gasteiger partial charge in [-0.15, -0.1) is 10.2 Å². The van der Waals surface area contributed by atoms with Gasteiger partial charge in [0.05, 0.1) is 6.10 Å². The van der Waals surface area contributed by atoms with Crippen molar-refractivity contribution in [2.75, 3.05) is 17.6 Å². The Hall–Kier alpha value is -2.67. The minimum atomic E-state index is -0.701. The molecule has 0 radical (unpaired) electrons. The van der Waals surface area contributed by atoms with Crippen LogP contribution in [-0.4, -0.2) is 27.8 Å². The highest BCUT2D eigenvalue weighted by atomic mass is 16.3. The minimum Gasteiger partial charge on any atom is -0.399 e. The van der Waals surface area contributed by atoms with Gasteiger partial charge in [-0.1, -0.05) is 12.1 Å². The molecule has 1 heterocycles. The molecule has 7 nitrogen and oxygen atoms in total. The summed E-state index contributed by atoms with van der Waals surface area (Å²) in [5.74, 6) is -0.185. The molecule has 0 fully saturated rings. The maximum atomic E-state index is 10.8. The van der Waals surface area contributed by atoms with E-state index < -0.39 is 12.0 Å². The van der Waals surface area contributed by atoms with Gasteiger partial charge >= 0.3 is 0 Å². The van der Waals surface area contributed by atoms with Crippen molar-refractivity contribution in [2.45, 2.75) is 6.10 Å². The number of carbonyl (C=O) groups is 1. The standard InChI is InChI=1S/C13H15N5O2/c14-9-3-1-8(2-4-9)11(19)7-16-12-6-5-10(13(15)20)17-18-12/h1-6,11,19H,7,14H2,(H2,15,20)(H,16,18). The highest BCUT2D eigenvalue weighted by Crippen LogP contribution is 2.15. The van der Waals surface area contributed by atoms with Crippen LogP contribution in [-0.2, 0) is 0 Å². The SMILES string of the molecule is NC(=O)c1ccc(NCC(O)c2ccc(N)cc2)nn1. The predicted octanol–water partition coefficient (Wildman–Crippen LogP) is 0.303. The number of nitrogens with zero attached hydrogens (tertiary/aromatic N) is 2. The average Bonchev–Trinajstić information content (AvgIpc) is 2.46. The van der Waals surface area contributed by atoms with Crippen molar-refractivity contribution >= 4 is 17.4 Å². The number of nitrogen functional groups attached to an aromatic ring is 1. The van der Waals surface area contributed by atoms with E-state index in [0.29, 0.717) is 11.5 Å². The van der Waals surface area contributed by atoms with Gasteiger partial charge in [0.25, 0.3) is 5.91 Å². The largest absolute Gasteiger partial charge is 0.399 e. The van der Waals surface area contributed by atoms with Crippen LogP contribution < -0.4 is 16.8 Å². The molecule has 0 aliphatic carbocycles. The third-order valence-corrected chi connectivity index (χ3v) is 2.71. The second-order valence-corrected chi connectivity index (χ2v) is 4.23. The maximum absolute atomic E-state index is 10.8. The summed E-state index contributed by atoms with van der Waals surface area (Å²) in [4.78, 5) is 10.8. The van der Waals surface area contributed by atoms with Gasteiger partial charge in [-0.05, 0) is 29.8 Å². The van der Waals surface area contributed by atoms with Crippen molar-refractivity contribution in [2.24, 2.45) is 5.73 Å². The Morgan fingerprint density at radius 1 is 1.20 bits per heavy atom. The summed E-state index contributed by atoms with van der Waals surface area (Å²) in [6.45, 7) is 0.258. The number of nitrogens with one attached hydrogen (secondary N) is 1. The first kappa shape index (κ1) is 13.8. The molecule has 0 bridgehead atoms. The number of aliphatic hydroxyl groups excluding tert-OH is 1. The molecule has 20 heavy (non-hydrogen) atoms. The van der Waals surface area contributed by atoms with E-state index in [0.717, 1.165) is 5.56 Å². The van der Waals surface area contributed by atoms with E-state index in [9.17, 15) is 9.90 Å². The number of aliphatic hydroxyl groups is 1. The van der Waals surface area contributed by atoms with Crippen molar-refractivity contribution in [3.05, 3.63) is 47.7 Å². The number of amides is 1. The molecule has 6 N–H and O–H groups in total. The number of nitrogens with two attached hydrogens (primary N) is 2. The first-order valence-electron chi connectivity index (χ1n) is 5.97. The van der Waals surface area contributed by atoms with Crippen LogP contribution in [0.2, 0.25) is 0 Å². The molecule has 2 rings (SSSR count). The van der Waals surface area contributed by atoms with Crippen molar-refractivity contribution < 1.29 is 9.90 Å². The van der Waals surface area contributed by atoms with Crippen LogP contribution in [0.15, 0.2) is 36.4 Å². The fourth-order valence-corrected chi connectivity index (χ4v) is 1.60. The Kier molecular flexibility index (Phi) is 4.11. The summed E-state index contributed by atoms with van der Waals surface area (Å²) < 4.78 is 0. The van der Waals surface area contributed by atoms with Crippen molar-refractivity contribution in [3.63, 3.8) is 0 Å². The van der Waals surface area contributed by atoms with Crippen molar-refractivity contribution in [1.82, 2.24) is 10.2 Å². The van der Waals surface area contributed by atoms with E-state index >= 15 is 0 Å². The van der Waals surface area contributed by atoms with Crippen molar-refractivity contribution in [1.29, 1.82) is 0 Å². The Morgan fingerprint density at radius 2 is 1.90 bits per heavy atom. The topological polar surface area (TPSA) is 127 Å². The van der Waals surface area contributed by atoms with Gasteiger partial charge in [0, 0.05) is 12.2 Å². The lowest BCUT2D eigenvalue weighted by atomic mass is 10.1. The van der Waals surface area contributed by atoms with E-state index in [-0.39, 0.29) is 12.2 Å². The fraction of sp³-hybridized carbons (Fsp3) is 0.154. The van der Waals surface area contributed by atoms with E-state index in [2.05, 4.69) is 15.5 Å². The van der Waals surface area contributed by atoms with Crippen molar-refractivity contribution in [3.8, 4) is 0 Å². The molecule has 7 heteroatoms. The van der Waals surface area contributed by atoms with Gasteiger partial charge < -0.3 is 21.9 Å². The lowest BCUT2D eigenvalue weighted by molar-refractivity contribution is 0.0994. The van der Waals surface area contributed by atoms with Gasteiger partial charge in [-0.2, -0.15) is 0 Å². The zero-order valence-electron chi connectivity index (χ0n) is 10.7. The van der Waals surface area contributed by atoms with Crippen LogP contribution >= 0.6 is 0 Å². The number of aromatic nitrogens is 2. The van der Waals surface area contributed by atoms with Crippen LogP contribution in [0.25, 0.3) is 0 Å². The molecule has 1 amide bonds. The van der Waals surface area contributed by atoms with Gasteiger partial charge in [0.1, 0.15) is 5.82 Å². The van der Waals surface area contributed by atoms with E-state index in [4.69, 9.17) is 11.5 Å². The van der Waals surface area contributed by atoms with E-state index in [1.165, 1.54) is 6.07 Å². The quantitative estimate of drug-likeness (QED) is 0.580. The smallest absolute Gasteiger partial charge is 0.269 e. The first-order valence-corrected chi connectivity index (χ1v) is 5.97. The molecule has 0 saturated heterocycles. The normalized spacial score (nSPS) is 11.8. The minimum absolute atomic E-state index is 0.0923. The molecule has 1 aromatic carbocycles. The summed E-state index contributed by atoms with van der Waals surface area (Å²) in [6.07, 6.45) is -0.701. The molecule has 1 aromatic heterocycles. The third kappa shape index (κ3) is 3.42. The monoisotopic (exact) mass is 273 g/mol. The lowest BCUT2D eigenvalue weighted by Crippen LogP contribution is -2.16. The Bertz CT molecular complexity index is 583. The number of primary amides is 1. The summed E-state index contributed by atoms with van der Waals surface area (Å²) in [6, 6.07) is 9.99. The summed E-state index contributed by atoms with van der Waals surface area (Å²) in [5.41, 5.74) is 12.1. The van der Waals surface area contributed by atoms with Crippen LogP contribution in [0.5, 0.6) is 0 Å². The molecule has 0 saturated carbocycles. The molecule has 1 unspecified atom stereocenters. The average molecular weight is 273 g/mol. The molecule has 0 spiro atoms. The van der Waals surface area contributed by atoms with Gasteiger partial charge in [-0.3, -0.25) is 4.79 Å². The molecular formula is C13H15N5O2. The number of anilines is 2. The number of carbonyl (C=O) groups excluding carboxylic acids is 1. The van der Waals surface area contributed by atoms with Gasteiger partial charge in [0.15, 0.2) is 5.69 Å². The molecular weight excluding hydrogens is 258 g/mol. The number of hydrogen-bond acceptors (Lipinski definition) is 6. The number of hydrogen-bond donors (Lipinski definition) is 4. The Morgan fingerprint density at radius 3 is 2.45 bits per heavy atom. The lowest BCUT2D eigenvalue weighted by Gasteiger charge is -2.12. The molecule has 104 valence electrons. The zero-order valence-corrected chi connectivity index (χ0v) is 10.7. The highest BCUT2D eigenvalue weighted by Gasteiger charge is 2.08. The van der Waals surface area contributed by atoms with E-state index in [1.807, 2.05) is 0 Å². The third-order valence-electron chi connectivity index (χ3n) is 2.71. The van der Waals surface area contributed by atoms with Gasteiger partial charge in [0.2, 0.25) is 0 Å². The van der Waals surface area contributed by atoms with Crippen LogP contribution in [0.4, 0.5) is 11.5 Å². The first-order chi connectivity index (χ1) is 9.56. The Labute approximate surface area is 115 Å². The van der Waals surface area contributed by atoms with Crippen LogP contribution in [0.1, 0.15) is 22.2 Å². The predicted molar refractivity (Wildman–Crippen MR) is 74.9 cm³/mol. The molecule has 2 aromatic rings. The second kappa shape index (κ2) is 5.98. The summed E-state index contributed by atoms with van der Waals surface area (Å²) in [7, 11) is 0. The summed E-state index contributed by atoms with van der Waals surface area (Å²) in [5, 5.41) is 20.3. The number of rotatable bonds is 5. The van der Waals surface area contributed by atoms with Gasteiger partial charge in [-0.25, -0.2) is 0 Å². The molecule has 0 aliphatic rings. The molecule has 1 atom stereocenters.